The molecule has 1 unspecified atom stereocenters. The van der Waals surface area contributed by atoms with Crippen LogP contribution in [0.3, 0.4) is 0 Å². The van der Waals surface area contributed by atoms with Crippen LogP contribution in [0.5, 0.6) is 0 Å². The Kier molecular flexibility index (Phi) is 4.03. The van der Waals surface area contributed by atoms with Crippen molar-refractivity contribution >= 4 is 51.7 Å². The molecule has 0 saturated carbocycles. The number of hydrogen-bond acceptors (Lipinski definition) is 5. The van der Waals surface area contributed by atoms with Gasteiger partial charge in [-0.1, -0.05) is 30.1 Å². The summed E-state index contributed by atoms with van der Waals surface area (Å²) in [6, 6.07) is 2.17. The van der Waals surface area contributed by atoms with Crippen LogP contribution in [-0.2, 0) is 0 Å². The number of nitrogens with one attached hydrogen (secondary N) is 1. The molecule has 0 aliphatic carbocycles. The van der Waals surface area contributed by atoms with Crippen LogP contribution < -0.4 is 10.2 Å². The molecule has 1 aromatic carbocycles. The van der Waals surface area contributed by atoms with E-state index in [1.807, 2.05) is 0 Å². The van der Waals surface area contributed by atoms with Crippen LogP contribution in [0.4, 0.5) is 5.69 Å². The number of aromatic nitrogens is 2. The van der Waals surface area contributed by atoms with E-state index >= 15 is 0 Å². The normalized spacial score (nSPS) is 22.0. The van der Waals surface area contributed by atoms with Gasteiger partial charge in [0, 0.05) is 24.7 Å². The Hall–Kier alpha value is -0.620. The lowest BCUT2D eigenvalue weighted by Gasteiger charge is -2.46. The quantitative estimate of drug-likeness (QED) is 0.894. The highest BCUT2D eigenvalue weighted by atomic mass is 35.5. The highest BCUT2D eigenvalue weighted by Gasteiger charge is 2.34. The largest absolute Gasteiger partial charge is 0.362 e. The van der Waals surface area contributed by atoms with Crippen molar-refractivity contribution in [3.8, 4) is 0 Å². The molecular formula is C14H18Cl2N4S. The van der Waals surface area contributed by atoms with E-state index < -0.39 is 0 Å². The average Bonchev–Trinajstić information content (AvgIpc) is 2.87. The van der Waals surface area contributed by atoms with Crippen molar-refractivity contribution in [3.05, 3.63) is 16.1 Å². The van der Waals surface area contributed by atoms with E-state index in [1.54, 1.807) is 6.07 Å². The van der Waals surface area contributed by atoms with Gasteiger partial charge in [-0.05, 0) is 26.3 Å². The molecule has 1 aromatic heterocycles. The molecule has 0 bridgehead atoms. The van der Waals surface area contributed by atoms with Crippen molar-refractivity contribution in [2.45, 2.75) is 38.8 Å². The lowest BCUT2D eigenvalue weighted by atomic mass is 9.96. The highest BCUT2D eigenvalue weighted by molar-refractivity contribution is 7.00. The molecule has 1 aliphatic rings. The number of fused-ring (bicyclic) bond motifs is 1. The summed E-state index contributed by atoms with van der Waals surface area (Å²) in [5, 5.41) is 4.80. The third-order valence-corrected chi connectivity index (χ3v) is 5.10. The van der Waals surface area contributed by atoms with Crippen molar-refractivity contribution in [1.82, 2.24) is 14.1 Å². The van der Waals surface area contributed by atoms with Gasteiger partial charge >= 0.3 is 0 Å². The van der Waals surface area contributed by atoms with Crippen LogP contribution in [0.25, 0.3) is 11.0 Å². The maximum atomic E-state index is 6.50. The summed E-state index contributed by atoms with van der Waals surface area (Å²) in [6.07, 6.45) is 1.04. The summed E-state index contributed by atoms with van der Waals surface area (Å²) in [7, 11) is 0. The molecule has 1 N–H and O–H groups in total. The summed E-state index contributed by atoms with van der Waals surface area (Å²) >= 11 is 13.9. The summed E-state index contributed by atoms with van der Waals surface area (Å²) in [5.74, 6) is 0. The minimum absolute atomic E-state index is 0.0322. The summed E-state index contributed by atoms with van der Waals surface area (Å²) in [4.78, 5) is 2.36. The summed E-state index contributed by atoms with van der Waals surface area (Å²) in [6.45, 7) is 8.40. The standard InChI is InChI=1S/C14H18Cl2N4S/c1-4-8-6-17-14(2,3)7-20(8)13-10(16)5-9(15)11-12(13)19-21-18-11/h5,8,17H,4,6-7H2,1-3H3. The van der Waals surface area contributed by atoms with Crippen molar-refractivity contribution in [2.24, 2.45) is 0 Å². The Labute approximate surface area is 138 Å². The van der Waals surface area contributed by atoms with Gasteiger partial charge in [-0.15, -0.1) is 0 Å². The number of piperazine rings is 1. The predicted octanol–water partition coefficient (Wildman–Crippen LogP) is 3.96. The van der Waals surface area contributed by atoms with Gasteiger partial charge in [0.1, 0.15) is 11.0 Å². The number of anilines is 1. The number of benzene rings is 1. The first-order valence-electron chi connectivity index (χ1n) is 7.05. The lowest BCUT2D eigenvalue weighted by molar-refractivity contribution is 0.306. The van der Waals surface area contributed by atoms with Gasteiger partial charge in [0.15, 0.2) is 0 Å². The molecule has 21 heavy (non-hydrogen) atoms. The van der Waals surface area contributed by atoms with Gasteiger partial charge in [-0.3, -0.25) is 0 Å². The van der Waals surface area contributed by atoms with E-state index in [0.717, 1.165) is 36.2 Å². The topological polar surface area (TPSA) is 41.0 Å². The SMILES string of the molecule is CCC1CNC(C)(C)CN1c1c(Cl)cc(Cl)c2nsnc12. The maximum Gasteiger partial charge on any atom is 0.131 e. The molecule has 1 atom stereocenters. The number of nitrogens with zero attached hydrogens (tertiary/aromatic N) is 3. The Morgan fingerprint density at radius 3 is 2.76 bits per heavy atom. The Morgan fingerprint density at radius 2 is 2.05 bits per heavy atom. The fourth-order valence-electron chi connectivity index (χ4n) is 2.88. The van der Waals surface area contributed by atoms with Crippen LogP contribution in [-0.4, -0.2) is 33.4 Å². The molecule has 3 rings (SSSR count). The van der Waals surface area contributed by atoms with E-state index in [2.05, 4.69) is 39.7 Å². The first-order valence-corrected chi connectivity index (χ1v) is 8.53. The van der Waals surface area contributed by atoms with Gasteiger partial charge in [-0.2, -0.15) is 8.75 Å². The van der Waals surface area contributed by atoms with Gasteiger partial charge in [0.25, 0.3) is 0 Å². The number of halogens is 2. The van der Waals surface area contributed by atoms with Gasteiger partial charge in [0.05, 0.1) is 27.5 Å². The minimum Gasteiger partial charge on any atom is -0.362 e. The monoisotopic (exact) mass is 344 g/mol. The van der Waals surface area contributed by atoms with E-state index in [0.29, 0.717) is 16.1 Å². The van der Waals surface area contributed by atoms with Gasteiger partial charge in [-0.25, -0.2) is 0 Å². The van der Waals surface area contributed by atoms with E-state index in [9.17, 15) is 0 Å². The number of hydrogen-bond donors (Lipinski definition) is 1. The Balaban J connectivity index is 2.15. The van der Waals surface area contributed by atoms with Gasteiger partial charge < -0.3 is 10.2 Å². The Bertz CT molecular complexity index is 670. The minimum atomic E-state index is 0.0322. The Morgan fingerprint density at radius 1 is 1.33 bits per heavy atom. The molecule has 4 nitrogen and oxygen atoms in total. The third kappa shape index (κ3) is 2.72. The summed E-state index contributed by atoms with van der Waals surface area (Å²) in [5.41, 5.74) is 2.55. The first kappa shape index (κ1) is 15.3. The molecule has 1 aliphatic heterocycles. The van der Waals surface area contributed by atoms with Crippen LogP contribution in [0.15, 0.2) is 6.07 Å². The van der Waals surface area contributed by atoms with Crippen LogP contribution >= 0.6 is 34.9 Å². The second kappa shape index (κ2) is 5.54. The second-order valence-corrected chi connectivity index (χ2v) is 7.45. The van der Waals surface area contributed by atoms with E-state index in [4.69, 9.17) is 23.2 Å². The van der Waals surface area contributed by atoms with Crippen molar-refractivity contribution in [2.75, 3.05) is 18.0 Å². The average molecular weight is 345 g/mol. The molecular weight excluding hydrogens is 327 g/mol. The maximum absolute atomic E-state index is 6.50. The molecule has 2 aromatic rings. The molecule has 2 heterocycles. The molecule has 1 saturated heterocycles. The van der Waals surface area contributed by atoms with Crippen molar-refractivity contribution < 1.29 is 0 Å². The van der Waals surface area contributed by atoms with Crippen LogP contribution in [0.1, 0.15) is 27.2 Å². The smallest absolute Gasteiger partial charge is 0.131 e. The van der Waals surface area contributed by atoms with Crippen molar-refractivity contribution in [3.63, 3.8) is 0 Å². The fraction of sp³-hybridized carbons (Fsp3) is 0.571. The molecule has 0 amide bonds. The third-order valence-electron chi connectivity index (χ3n) is 4.00. The van der Waals surface area contributed by atoms with Crippen molar-refractivity contribution in [1.29, 1.82) is 0 Å². The lowest BCUT2D eigenvalue weighted by Crippen LogP contribution is -2.61. The zero-order valence-electron chi connectivity index (χ0n) is 12.3. The zero-order valence-corrected chi connectivity index (χ0v) is 14.6. The molecule has 7 heteroatoms. The predicted molar refractivity (Wildman–Crippen MR) is 90.9 cm³/mol. The first-order chi connectivity index (χ1) is 9.93. The van der Waals surface area contributed by atoms with E-state index in [-0.39, 0.29) is 5.54 Å². The number of rotatable bonds is 2. The second-order valence-electron chi connectivity index (χ2n) is 6.11. The van der Waals surface area contributed by atoms with E-state index in [1.165, 1.54) is 11.7 Å². The molecule has 0 spiro atoms. The van der Waals surface area contributed by atoms with Crippen LogP contribution in [0, 0.1) is 0 Å². The van der Waals surface area contributed by atoms with Crippen LogP contribution in [0.2, 0.25) is 10.0 Å². The van der Waals surface area contributed by atoms with Gasteiger partial charge in [0.2, 0.25) is 0 Å². The zero-order chi connectivity index (χ0) is 15.2. The molecule has 0 radical (unpaired) electrons. The summed E-state index contributed by atoms with van der Waals surface area (Å²) < 4.78 is 8.73. The fourth-order valence-corrected chi connectivity index (χ4v) is 4.09. The highest BCUT2D eigenvalue weighted by Crippen LogP contribution is 2.40. The molecule has 114 valence electrons. The molecule has 1 fully saturated rings.